The van der Waals surface area contributed by atoms with Crippen molar-refractivity contribution >= 4 is 17.2 Å². The SMILES string of the molecule is COCCOCCOCCOc1ccc(C(N)=S)nc1. The van der Waals surface area contributed by atoms with Crippen molar-refractivity contribution in [2.24, 2.45) is 5.73 Å². The molecule has 0 spiro atoms. The summed E-state index contributed by atoms with van der Waals surface area (Å²) >= 11 is 4.81. The van der Waals surface area contributed by atoms with Crippen LogP contribution in [0.1, 0.15) is 5.69 Å². The van der Waals surface area contributed by atoms with Gasteiger partial charge in [-0.25, -0.2) is 4.98 Å². The highest BCUT2D eigenvalue weighted by atomic mass is 32.1. The molecule has 0 radical (unpaired) electrons. The summed E-state index contributed by atoms with van der Waals surface area (Å²) in [4.78, 5) is 4.34. The molecule has 1 aromatic rings. The number of rotatable bonds is 11. The Morgan fingerprint density at radius 3 is 2.30 bits per heavy atom. The number of aromatic nitrogens is 1. The molecule has 0 aliphatic carbocycles. The van der Waals surface area contributed by atoms with Crippen molar-refractivity contribution in [3.8, 4) is 5.75 Å². The van der Waals surface area contributed by atoms with Crippen LogP contribution in [0.4, 0.5) is 0 Å². The lowest BCUT2D eigenvalue weighted by Crippen LogP contribution is -2.13. The minimum Gasteiger partial charge on any atom is -0.490 e. The molecule has 0 saturated carbocycles. The Balaban J connectivity index is 2.02. The molecule has 0 atom stereocenters. The number of hydrogen-bond donors (Lipinski definition) is 1. The van der Waals surface area contributed by atoms with E-state index >= 15 is 0 Å². The van der Waals surface area contributed by atoms with E-state index in [4.69, 9.17) is 36.9 Å². The van der Waals surface area contributed by atoms with Crippen LogP contribution in [0.15, 0.2) is 18.3 Å². The number of pyridine rings is 1. The van der Waals surface area contributed by atoms with Crippen molar-refractivity contribution in [3.05, 3.63) is 24.0 Å². The van der Waals surface area contributed by atoms with E-state index in [9.17, 15) is 0 Å². The predicted octanol–water partition coefficient (Wildman–Crippen LogP) is 0.774. The maximum Gasteiger partial charge on any atom is 0.137 e. The van der Waals surface area contributed by atoms with Crippen LogP contribution < -0.4 is 10.5 Å². The van der Waals surface area contributed by atoms with Gasteiger partial charge in [-0.2, -0.15) is 0 Å². The predicted molar refractivity (Wildman–Crippen MR) is 79.1 cm³/mol. The van der Waals surface area contributed by atoms with Crippen LogP contribution in [0, 0.1) is 0 Å². The van der Waals surface area contributed by atoms with Gasteiger partial charge >= 0.3 is 0 Å². The van der Waals surface area contributed by atoms with Crippen molar-refractivity contribution in [2.75, 3.05) is 46.8 Å². The highest BCUT2D eigenvalue weighted by molar-refractivity contribution is 7.80. The molecule has 1 aromatic heterocycles. The van der Waals surface area contributed by atoms with Gasteiger partial charge in [-0.05, 0) is 12.1 Å². The average Bonchev–Trinajstić information content (AvgIpc) is 2.46. The van der Waals surface area contributed by atoms with E-state index in [-0.39, 0.29) is 4.99 Å². The molecule has 112 valence electrons. The molecule has 0 aromatic carbocycles. The Hall–Kier alpha value is -1.28. The molecule has 2 N–H and O–H groups in total. The molecule has 7 heteroatoms. The van der Waals surface area contributed by atoms with E-state index in [0.29, 0.717) is 51.1 Å². The lowest BCUT2D eigenvalue weighted by molar-refractivity contribution is 0.0179. The van der Waals surface area contributed by atoms with Crippen molar-refractivity contribution in [1.82, 2.24) is 4.98 Å². The first-order valence-corrected chi connectivity index (χ1v) is 6.68. The van der Waals surface area contributed by atoms with Crippen LogP contribution in [0.3, 0.4) is 0 Å². The number of nitrogens with zero attached hydrogens (tertiary/aromatic N) is 1. The fraction of sp³-hybridized carbons (Fsp3) is 0.538. The molecule has 0 aliphatic rings. The zero-order valence-electron chi connectivity index (χ0n) is 11.5. The Morgan fingerprint density at radius 2 is 1.75 bits per heavy atom. The molecule has 20 heavy (non-hydrogen) atoms. The first-order valence-electron chi connectivity index (χ1n) is 6.27. The highest BCUT2D eigenvalue weighted by Gasteiger charge is 1.99. The summed E-state index contributed by atoms with van der Waals surface area (Å²) in [7, 11) is 1.64. The lowest BCUT2D eigenvalue weighted by atomic mass is 10.3. The van der Waals surface area contributed by atoms with E-state index in [0.717, 1.165) is 0 Å². The zero-order chi connectivity index (χ0) is 14.6. The Kier molecular flexibility index (Phi) is 8.81. The van der Waals surface area contributed by atoms with E-state index in [1.54, 1.807) is 25.4 Å². The largest absolute Gasteiger partial charge is 0.490 e. The van der Waals surface area contributed by atoms with Gasteiger partial charge in [-0.3, -0.25) is 0 Å². The number of thiocarbonyl (C=S) groups is 1. The second-order valence-corrected chi connectivity index (χ2v) is 4.25. The minimum absolute atomic E-state index is 0.272. The molecule has 0 amide bonds. The van der Waals surface area contributed by atoms with Crippen LogP contribution in [0.2, 0.25) is 0 Å². The van der Waals surface area contributed by atoms with Gasteiger partial charge in [0, 0.05) is 7.11 Å². The average molecular weight is 300 g/mol. The summed E-state index contributed by atoms with van der Waals surface area (Å²) < 4.78 is 20.9. The lowest BCUT2D eigenvalue weighted by Gasteiger charge is -2.07. The number of nitrogens with two attached hydrogens (primary N) is 1. The molecule has 0 bridgehead atoms. The third-order valence-electron chi connectivity index (χ3n) is 2.29. The summed E-state index contributed by atoms with van der Waals surface area (Å²) in [6.45, 7) is 3.20. The van der Waals surface area contributed by atoms with Gasteiger partial charge in [0.05, 0.1) is 44.9 Å². The monoisotopic (exact) mass is 300 g/mol. The molecule has 6 nitrogen and oxygen atoms in total. The van der Waals surface area contributed by atoms with Gasteiger partial charge in [0.25, 0.3) is 0 Å². The van der Waals surface area contributed by atoms with E-state index in [1.807, 2.05) is 0 Å². The third kappa shape index (κ3) is 7.34. The van der Waals surface area contributed by atoms with E-state index in [1.165, 1.54) is 0 Å². The quantitative estimate of drug-likeness (QED) is 0.478. The molecule has 1 rings (SSSR count). The third-order valence-corrected chi connectivity index (χ3v) is 2.50. The maximum atomic E-state index is 5.45. The Labute approximate surface area is 124 Å². The van der Waals surface area contributed by atoms with Gasteiger partial charge in [-0.1, -0.05) is 12.2 Å². The van der Waals surface area contributed by atoms with Crippen LogP contribution in [-0.4, -0.2) is 56.7 Å². The Morgan fingerprint density at radius 1 is 1.10 bits per heavy atom. The number of hydrogen-bond acceptors (Lipinski definition) is 6. The van der Waals surface area contributed by atoms with Gasteiger partial charge in [0.2, 0.25) is 0 Å². The second kappa shape index (κ2) is 10.5. The molecule has 0 aliphatic heterocycles. The van der Waals surface area contributed by atoms with E-state index < -0.39 is 0 Å². The zero-order valence-corrected chi connectivity index (χ0v) is 12.4. The summed E-state index contributed by atoms with van der Waals surface area (Å²) in [5, 5.41) is 0. The summed E-state index contributed by atoms with van der Waals surface area (Å²) in [5.41, 5.74) is 6.03. The van der Waals surface area contributed by atoms with Gasteiger partial charge in [0.15, 0.2) is 0 Å². The standard InChI is InChI=1S/C13H20N2O4S/c1-16-4-5-17-6-7-18-8-9-19-11-2-3-12(13(14)20)15-10-11/h2-3,10H,4-9H2,1H3,(H2,14,20). The van der Waals surface area contributed by atoms with Crippen LogP contribution in [0.25, 0.3) is 0 Å². The molecule has 0 saturated heterocycles. The van der Waals surface area contributed by atoms with Crippen molar-refractivity contribution in [1.29, 1.82) is 0 Å². The second-order valence-electron chi connectivity index (χ2n) is 3.81. The molecular formula is C13H20N2O4S. The van der Waals surface area contributed by atoms with Crippen LogP contribution in [-0.2, 0) is 14.2 Å². The van der Waals surface area contributed by atoms with Crippen molar-refractivity contribution in [2.45, 2.75) is 0 Å². The summed E-state index contributed by atoms with van der Waals surface area (Å²) in [6, 6.07) is 3.50. The fourth-order valence-electron chi connectivity index (χ4n) is 1.29. The maximum absolute atomic E-state index is 5.45. The van der Waals surface area contributed by atoms with Gasteiger partial charge < -0.3 is 24.7 Å². The molecular weight excluding hydrogens is 280 g/mol. The van der Waals surface area contributed by atoms with Crippen molar-refractivity contribution < 1.29 is 18.9 Å². The summed E-state index contributed by atoms with van der Waals surface area (Å²) in [5.74, 6) is 0.657. The van der Waals surface area contributed by atoms with Crippen LogP contribution in [0.5, 0.6) is 5.75 Å². The smallest absolute Gasteiger partial charge is 0.137 e. The number of methoxy groups -OCH3 is 1. The fourth-order valence-corrected chi connectivity index (χ4v) is 1.41. The van der Waals surface area contributed by atoms with Crippen molar-refractivity contribution in [3.63, 3.8) is 0 Å². The molecule has 1 heterocycles. The summed E-state index contributed by atoms with van der Waals surface area (Å²) in [6.07, 6.45) is 1.59. The van der Waals surface area contributed by atoms with Gasteiger partial charge in [0.1, 0.15) is 17.3 Å². The highest BCUT2D eigenvalue weighted by Crippen LogP contribution is 2.08. The molecule has 0 fully saturated rings. The Bertz CT molecular complexity index is 386. The van der Waals surface area contributed by atoms with E-state index in [2.05, 4.69) is 4.98 Å². The number of ether oxygens (including phenoxy) is 4. The first-order chi connectivity index (χ1) is 9.74. The topological polar surface area (TPSA) is 75.8 Å². The molecule has 0 unspecified atom stereocenters. The normalized spacial score (nSPS) is 10.4. The van der Waals surface area contributed by atoms with Crippen LogP contribution >= 0.6 is 12.2 Å². The minimum atomic E-state index is 0.272. The van der Waals surface area contributed by atoms with Gasteiger partial charge in [-0.15, -0.1) is 0 Å². The first kappa shape index (κ1) is 16.8.